The van der Waals surface area contributed by atoms with E-state index in [-0.39, 0.29) is 9.59 Å². The Balaban J connectivity index is 2.23. The average Bonchev–Trinajstić information content (AvgIpc) is 2.48. The number of aryl methyl sites for hydroxylation is 1. The molecule has 1 aromatic rings. The maximum absolute atomic E-state index is 11.5. The van der Waals surface area contributed by atoms with Crippen LogP contribution in [0.2, 0.25) is 0 Å². The van der Waals surface area contributed by atoms with Crippen LogP contribution in [0.25, 0.3) is 0 Å². The lowest BCUT2D eigenvalue weighted by Crippen LogP contribution is -2.17. The van der Waals surface area contributed by atoms with Crippen LogP contribution >= 0.6 is 11.6 Å². The zero-order valence-corrected chi connectivity index (χ0v) is 9.92. The normalized spacial score (nSPS) is 17.9. The summed E-state index contributed by atoms with van der Waals surface area (Å²) in [7, 11) is -3.72. The first kappa shape index (κ1) is 11.2. The molecule has 0 atom stereocenters. The van der Waals surface area contributed by atoms with Crippen molar-refractivity contribution in [1.82, 2.24) is 0 Å². The molecule has 0 saturated carbocycles. The van der Waals surface area contributed by atoms with Crippen LogP contribution in [0.15, 0.2) is 39.8 Å². The third-order valence-electron chi connectivity index (χ3n) is 1.98. The molecule has 0 spiro atoms. The molecule has 0 fully saturated rings. The van der Waals surface area contributed by atoms with Gasteiger partial charge in [-0.1, -0.05) is 29.3 Å². The van der Waals surface area contributed by atoms with Crippen molar-refractivity contribution in [2.45, 2.75) is 6.92 Å². The van der Waals surface area contributed by atoms with Gasteiger partial charge in [-0.15, -0.1) is 0 Å². The molecule has 0 aromatic heterocycles. The molecule has 0 radical (unpaired) electrons. The van der Waals surface area contributed by atoms with Crippen molar-refractivity contribution in [1.29, 1.82) is 0 Å². The van der Waals surface area contributed by atoms with Gasteiger partial charge in [0.15, 0.2) is 4.36 Å². The number of halogens is 1. The molecule has 1 aliphatic heterocycles. The SMILES string of the molecule is Cc1ccc(OC2=NC=C(Cl)S2(=O)=O)cc1. The molecule has 0 aliphatic carbocycles. The molecule has 0 bridgehead atoms. The van der Waals surface area contributed by atoms with Crippen LogP contribution in [0, 0.1) is 6.92 Å². The van der Waals surface area contributed by atoms with Crippen LogP contribution in [-0.4, -0.2) is 13.6 Å². The van der Waals surface area contributed by atoms with Crippen LogP contribution in [-0.2, 0) is 9.84 Å². The molecule has 1 aliphatic rings. The topological polar surface area (TPSA) is 55.7 Å². The van der Waals surface area contributed by atoms with Gasteiger partial charge in [-0.05, 0) is 19.1 Å². The summed E-state index contributed by atoms with van der Waals surface area (Å²) in [6.45, 7) is 1.92. The van der Waals surface area contributed by atoms with Gasteiger partial charge in [0.25, 0.3) is 9.84 Å². The van der Waals surface area contributed by atoms with E-state index < -0.39 is 9.84 Å². The fourth-order valence-corrected chi connectivity index (χ4v) is 2.12. The predicted molar refractivity (Wildman–Crippen MR) is 62.1 cm³/mol. The molecule has 4 nitrogen and oxygen atoms in total. The summed E-state index contributed by atoms with van der Waals surface area (Å²) in [4.78, 5) is 3.60. The van der Waals surface area contributed by atoms with Crippen molar-refractivity contribution in [2.24, 2.45) is 4.99 Å². The molecule has 84 valence electrons. The van der Waals surface area contributed by atoms with Gasteiger partial charge in [0.1, 0.15) is 5.75 Å². The number of benzene rings is 1. The summed E-state index contributed by atoms with van der Waals surface area (Å²) in [6, 6.07) is 6.96. The number of ether oxygens (including phenoxy) is 1. The number of hydrogen-bond donors (Lipinski definition) is 0. The lowest BCUT2D eigenvalue weighted by atomic mass is 10.2. The standard InChI is InChI=1S/C10H8ClNO3S/c1-7-2-4-8(5-3-7)15-10-12-6-9(11)16(10,13)14/h2-6H,1H3. The molecular weight excluding hydrogens is 250 g/mol. The van der Waals surface area contributed by atoms with E-state index in [1.54, 1.807) is 12.1 Å². The Morgan fingerprint density at radius 1 is 1.25 bits per heavy atom. The summed E-state index contributed by atoms with van der Waals surface area (Å²) in [6.07, 6.45) is 1.06. The molecule has 0 saturated heterocycles. The Morgan fingerprint density at radius 3 is 2.38 bits per heavy atom. The van der Waals surface area contributed by atoms with Gasteiger partial charge in [0, 0.05) is 0 Å². The minimum atomic E-state index is -3.72. The molecule has 6 heteroatoms. The molecule has 16 heavy (non-hydrogen) atoms. The number of nitrogens with zero attached hydrogens (tertiary/aromatic N) is 1. The van der Waals surface area contributed by atoms with Gasteiger partial charge in [-0.3, -0.25) is 0 Å². The molecule has 0 unspecified atom stereocenters. The van der Waals surface area contributed by atoms with Crippen LogP contribution in [0.1, 0.15) is 5.56 Å². The zero-order chi connectivity index (χ0) is 11.8. The van der Waals surface area contributed by atoms with Crippen LogP contribution in [0.3, 0.4) is 0 Å². The van der Waals surface area contributed by atoms with Gasteiger partial charge in [0.2, 0.25) is 0 Å². The van der Waals surface area contributed by atoms with E-state index in [2.05, 4.69) is 4.99 Å². The first-order valence-electron chi connectivity index (χ1n) is 4.43. The van der Waals surface area contributed by atoms with Gasteiger partial charge in [-0.25, -0.2) is 13.4 Å². The van der Waals surface area contributed by atoms with E-state index in [4.69, 9.17) is 16.3 Å². The van der Waals surface area contributed by atoms with Gasteiger partial charge < -0.3 is 4.74 Å². The van der Waals surface area contributed by atoms with E-state index >= 15 is 0 Å². The van der Waals surface area contributed by atoms with Crippen LogP contribution in [0.5, 0.6) is 5.75 Å². The van der Waals surface area contributed by atoms with Crippen molar-refractivity contribution in [2.75, 3.05) is 0 Å². The van der Waals surface area contributed by atoms with E-state index in [1.807, 2.05) is 19.1 Å². The van der Waals surface area contributed by atoms with Gasteiger partial charge >= 0.3 is 5.23 Å². The molecule has 1 heterocycles. The lowest BCUT2D eigenvalue weighted by molar-refractivity contribution is 0.550. The van der Waals surface area contributed by atoms with E-state index in [1.165, 1.54) is 0 Å². The number of aliphatic imine (C=N–C) groups is 1. The fraction of sp³-hybridized carbons (Fsp3) is 0.100. The highest BCUT2D eigenvalue weighted by Crippen LogP contribution is 2.23. The average molecular weight is 258 g/mol. The van der Waals surface area contributed by atoms with E-state index in [9.17, 15) is 8.42 Å². The maximum Gasteiger partial charge on any atom is 0.321 e. The number of rotatable bonds is 1. The van der Waals surface area contributed by atoms with Crippen molar-refractivity contribution in [3.8, 4) is 5.75 Å². The summed E-state index contributed by atoms with van der Waals surface area (Å²) in [5, 5.41) is -0.388. The Bertz CT molecular complexity index is 573. The number of sulfone groups is 1. The smallest absolute Gasteiger partial charge is 0.321 e. The first-order chi connectivity index (χ1) is 7.50. The molecule has 1 aromatic carbocycles. The quantitative estimate of drug-likeness (QED) is 0.775. The largest absolute Gasteiger partial charge is 0.430 e. The lowest BCUT2D eigenvalue weighted by Gasteiger charge is -2.04. The summed E-state index contributed by atoms with van der Waals surface area (Å²) in [5.74, 6) is 0.410. The molecule has 2 rings (SSSR count). The van der Waals surface area contributed by atoms with Crippen molar-refractivity contribution in [3.63, 3.8) is 0 Å². The minimum absolute atomic E-state index is 0.324. The maximum atomic E-state index is 11.5. The summed E-state index contributed by atoms with van der Waals surface area (Å²) < 4.78 is 27.8. The molecule has 0 amide bonds. The third kappa shape index (κ3) is 1.96. The number of hydrogen-bond acceptors (Lipinski definition) is 4. The van der Waals surface area contributed by atoms with Gasteiger partial charge in [-0.2, -0.15) is 0 Å². The Kier molecular flexibility index (Phi) is 2.73. The molecule has 0 N–H and O–H groups in total. The van der Waals surface area contributed by atoms with E-state index in [0.29, 0.717) is 5.75 Å². The van der Waals surface area contributed by atoms with Crippen LogP contribution < -0.4 is 4.74 Å². The Morgan fingerprint density at radius 2 is 1.88 bits per heavy atom. The summed E-state index contributed by atoms with van der Waals surface area (Å²) in [5.41, 5.74) is 1.06. The third-order valence-corrected chi connectivity index (χ3v) is 3.96. The highest BCUT2D eigenvalue weighted by Gasteiger charge is 2.30. The highest BCUT2D eigenvalue weighted by molar-refractivity contribution is 8.10. The molecular formula is C10H8ClNO3S. The second-order valence-corrected chi connectivity index (χ2v) is 5.67. The fourth-order valence-electron chi connectivity index (χ4n) is 1.11. The van der Waals surface area contributed by atoms with Crippen molar-refractivity contribution >= 4 is 26.7 Å². The van der Waals surface area contributed by atoms with E-state index in [0.717, 1.165) is 11.8 Å². The monoisotopic (exact) mass is 257 g/mol. The van der Waals surface area contributed by atoms with Crippen molar-refractivity contribution < 1.29 is 13.2 Å². The van der Waals surface area contributed by atoms with Crippen LogP contribution in [0.4, 0.5) is 0 Å². The summed E-state index contributed by atoms with van der Waals surface area (Å²) >= 11 is 5.47. The predicted octanol–water partition coefficient (Wildman–Crippen LogP) is 2.20. The first-order valence-corrected chi connectivity index (χ1v) is 6.29. The minimum Gasteiger partial charge on any atom is -0.430 e. The Labute approximate surface area is 98.1 Å². The van der Waals surface area contributed by atoms with Gasteiger partial charge in [0.05, 0.1) is 6.20 Å². The highest BCUT2D eigenvalue weighted by atomic mass is 35.5. The van der Waals surface area contributed by atoms with Crippen molar-refractivity contribution in [3.05, 3.63) is 40.4 Å². The second kappa shape index (κ2) is 3.92. The zero-order valence-electron chi connectivity index (χ0n) is 8.34. The second-order valence-electron chi connectivity index (χ2n) is 3.25. The Hall–Kier alpha value is -1.33.